The smallest absolute Gasteiger partial charge is 1.00 e. The summed E-state index contributed by atoms with van der Waals surface area (Å²) < 4.78 is 21.6. The number of aliphatic hydroxyl groups is 1. The first-order chi connectivity index (χ1) is 9.61. The minimum Gasteiger partial charge on any atom is -1.00 e. The maximum atomic E-state index is 11.7. The first-order valence-electron chi connectivity index (χ1n) is 5.96. The Morgan fingerprint density at radius 3 is 2.82 bits per heavy atom. The number of nitrogens with zero attached hydrogens (tertiary/aromatic N) is 1. The minimum absolute atomic E-state index is 0. The third kappa shape index (κ3) is 4.60. The van der Waals surface area contributed by atoms with Crippen LogP contribution in [0.5, 0.6) is 0 Å². The van der Waals surface area contributed by atoms with Crippen LogP contribution in [0.15, 0.2) is 15.8 Å². The van der Waals surface area contributed by atoms with E-state index in [0.717, 1.165) is 10.8 Å². The molecule has 1 aliphatic heterocycles. The Balaban J connectivity index is 0.00000242. The van der Waals surface area contributed by atoms with Crippen molar-refractivity contribution in [2.24, 2.45) is 0 Å². The van der Waals surface area contributed by atoms with Gasteiger partial charge in [-0.05, 0) is 6.92 Å². The fourth-order valence-electron chi connectivity index (χ4n) is 1.94. The maximum absolute atomic E-state index is 11.7. The summed E-state index contributed by atoms with van der Waals surface area (Å²) in [4.78, 5) is 42.5. The monoisotopic (exact) mass is 346 g/mol. The Morgan fingerprint density at radius 1 is 1.59 bits per heavy atom. The molecule has 1 fully saturated rings. The zero-order chi connectivity index (χ0) is 15.8. The number of aromatic amines is 1. The third-order valence-corrected chi connectivity index (χ3v) is 3.45. The maximum Gasteiger partial charge on any atom is 1.00 e. The van der Waals surface area contributed by atoms with Crippen molar-refractivity contribution >= 4 is 7.60 Å². The van der Waals surface area contributed by atoms with E-state index in [1.165, 1.54) is 6.92 Å². The largest absolute Gasteiger partial charge is 1.00 e. The molecule has 1 aliphatic rings. The van der Waals surface area contributed by atoms with Gasteiger partial charge >= 0.3 is 42.8 Å². The van der Waals surface area contributed by atoms with E-state index in [1.54, 1.807) is 0 Å². The van der Waals surface area contributed by atoms with E-state index in [0.29, 0.717) is 0 Å². The molecule has 10 nitrogen and oxygen atoms in total. The summed E-state index contributed by atoms with van der Waals surface area (Å²) in [5, 5.41) is 10.3. The molecule has 0 aromatic carbocycles. The Kier molecular flexibility index (Phi) is 6.36. The third-order valence-electron chi connectivity index (χ3n) is 2.97. The Morgan fingerprint density at radius 2 is 2.23 bits per heavy atom. The van der Waals surface area contributed by atoms with Crippen molar-refractivity contribution in [2.45, 2.75) is 25.4 Å². The molecular formula is C10H16N2NaO8P. The van der Waals surface area contributed by atoms with Crippen molar-refractivity contribution in [1.29, 1.82) is 0 Å². The van der Waals surface area contributed by atoms with Gasteiger partial charge < -0.3 is 25.8 Å². The number of H-pyrrole nitrogens is 1. The molecule has 0 spiro atoms. The molecule has 0 aliphatic carbocycles. The van der Waals surface area contributed by atoms with Crippen LogP contribution in [0, 0.1) is 6.92 Å². The SMILES string of the molecule is Cc1cn([C@@]2(O)C[C@H](OCP(=O)(O)O)CO2)c(=O)[nH]c1=O.[H-].[Na+]. The second kappa shape index (κ2) is 7.08. The number of ether oxygens (including phenoxy) is 2. The molecule has 0 radical (unpaired) electrons. The molecule has 2 atom stereocenters. The van der Waals surface area contributed by atoms with Crippen LogP contribution >= 0.6 is 7.60 Å². The van der Waals surface area contributed by atoms with Crippen molar-refractivity contribution < 1.29 is 59.9 Å². The van der Waals surface area contributed by atoms with Gasteiger partial charge in [-0.3, -0.25) is 14.3 Å². The van der Waals surface area contributed by atoms with Gasteiger partial charge in [0.2, 0.25) is 0 Å². The van der Waals surface area contributed by atoms with Gasteiger partial charge in [0.05, 0.1) is 19.1 Å². The van der Waals surface area contributed by atoms with E-state index >= 15 is 0 Å². The molecule has 0 unspecified atom stereocenters. The van der Waals surface area contributed by atoms with Crippen LogP contribution in [-0.2, 0) is 19.9 Å². The van der Waals surface area contributed by atoms with Gasteiger partial charge in [-0.25, -0.2) is 9.36 Å². The molecule has 12 heteroatoms. The summed E-state index contributed by atoms with van der Waals surface area (Å²) in [6, 6.07) is 0. The molecular weight excluding hydrogens is 330 g/mol. The zero-order valence-electron chi connectivity index (χ0n) is 13.1. The number of aromatic nitrogens is 2. The summed E-state index contributed by atoms with van der Waals surface area (Å²) >= 11 is 0. The number of hydrogen-bond acceptors (Lipinski definition) is 6. The first kappa shape index (κ1) is 19.8. The van der Waals surface area contributed by atoms with Crippen molar-refractivity contribution in [3.8, 4) is 0 Å². The average molecular weight is 346 g/mol. The number of rotatable bonds is 4. The zero-order valence-corrected chi connectivity index (χ0v) is 14.9. The number of aryl methyl sites for hydroxylation is 1. The predicted molar refractivity (Wildman–Crippen MR) is 69.7 cm³/mol. The number of nitrogens with one attached hydrogen (secondary N) is 1. The molecule has 1 aromatic rings. The Labute approximate surface area is 148 Å². The first-order valence-corrected chi connectivity index (χ1v) is 7.76. The van der Waals surface area contributed by atoms with E-state index in [1.807, 2.05) is 4.98 Å². The van der Waals surface area contributed by atoms with Crippen LogP contribution in [0.4, 0.5) is 0 Å². The van der Waals surface area contributed by atoms with Crippen LogP contribution in [0.1, 0.15) is 13.4 Å². The van der Waals surface area contributed by atoms with Crippen molar-refractivity contribution in [3.63, 3.8) is 0 Å². The van der Waals surface area contributed by atoms with Gasteiger partial charge in [-0.15, -0.1) is 0 Å². The molecule has 2 heterocycles. The van der Waals surface area contributed by atoms with E-state index in [2.05, 4.69) is 0 Å². The molecule has 4 N–H and O–H groups in total. The van der Waals surface area contributed by atoms with Gasteiger partial charge in [0.25, 0.3) is 11.5 Å². The normalized spacial score (nSPS) is 25.0. The van der Waals surface area contributed by atoms with Gasteiger partial charge in [-0.1, -0.05) is 0 Å². The van der Waals surface area contributed by atoms with Crippen molar-refractivity contribution in [1.82, 2.24) is 9.55 Å². The standard InChI is InChI=1S/C10H15N2O8P.Na.H/c1-6-3-12(9(14)11-8(6)13)10(15)2-7(4-20-10)19-5-21(16,17)18;;/h3,7,15H,2,4-5H2,1H3,(H,11,13,14)(H2,16,17,18);;/q;+1;-1/t7-,10+;;/m0../s1. The Bertz CT molecular complexity index is 703. The molecule has 22 heavy (non-hydrogen) atoms. The summed E-state index contributed by atoms with van der Waals surface area (Å²) in [6.45, 7) is 1.30. The van der Waals surface area contributed by atoms with Crippen LogP contribution < -0.4 is 40.8 Å². The van der Waals surface area contributed by atoms with Crippen molar-refractivity contribution in [3.05, 3.63) is 32.6 Å². The topological polar surface area (TPSA) is 151 Å². The van der Waals surface area contributed by atoms with Crippen LogP contribution in [-0.4, -0.2) is 43.5 Å². The molecule has 0 saturated carbocycles. The van der Waals surface area contributed by atoms with E-state index < -0.39 is 37.2 Å². The molecule has 0 amide bonds. The van der Waals surface area contributed by atoms with Crippen LogP contribution in [0.25, 0.3) is 0 Å². The van der Waals surface area contributed by atoms with E-state index in [9.17, 15) is 19.3 Å². The summed E-state index contributed by atoms with van der Waals surface area (Å²) in [7, 11) is -4.33. The van der Waals surface area contributed by atoms with E-state index in [-0.39, 0.29) is 49.6 Å². The molecule has 2 rings (SSSR count). The Hall–Kier alpha value is -0.290. The number of hydrogen-bond donors (Lipinski definition) is 4. The average Bonchev–Trinajstić information content (AvgIpc) is 2.73. The second-order valence-corrected chi connectivity index (χ2v) is 6.37. The van der Waals surface area contributed by atoms with Crippen LogP contribution in [0.3, 0.4) is 0 Å². The van der Waals surface area contributed by atoms with Crippen molar-refractivity contribution in [2.75, 3.05) is 13.0 Å². The van der Waals surface area contributed by atoms with E-state index in [4.69, 9.17) is 19.3 Å². The van der Waals surface area contributed by atoms with Gasteiger partial charge in [0.1, 0.15) is 6.35 Å². The molecule has 0 bridgehead atoms. The predicted octanol–water partition coefficient (Wildman–Crippen LogP) is -4.50. The van der Waals surface area contributed by atoms with Gasteiger partial charge in [0, 0.05) is 11.8 Å². The quantitative estimate of drug-likeness (QED) is 0.315. The molecule has 1 aromatic heterocycles. The van der Waals surface area contributed by atoms with Crippen LogP contribution in [0.2, 0.25) is 0 Å². The summed E-state index contributed by atoms with van der Waals surface area (Å²) in [5.41, 5.74) is -1.23. The fourth-order valence-corrected chi connectivity index (χ4v) is 2.35. The fraction of sp³-hybridized carbons (Fsp3) is 0.600. The summed E-state index contributed by atoms with van der Waals surface area (Å²) in [6.07, 6.45) is -0.663. The second-order valence-electron chi connectivity index (χ2n) is 4.78. The minimum atomic E-state index is -4.33. The van der Waals surface area contributed by atoms with Gasteiger partial charge in [0.15, 0.2) is 0 Å². The molecule has 1 saturated heterocycles. The molecule has 120 valence electrons. The van der Waals surface area contributed by atoms with Gasteiger partial charge in [-0.2, -0.15) is 0 Å². The summed E-state index contributed by atoms with van der Waals surface area (Å²) in [5.74, 6) is -2.04.